The van der Waals surface area contributed by atoms with Gasteiger partial charge in [-0.2, -0.15) is 4.90 Å². The van der Waals surface area contributed by atoms with Gasteiger partial charge in [0, 0.05) is 10.2 Å². The van der Waals surface area contributed by atoms with E-state index in [1.807, 2.05) is 0 Å². The van der Waals surface area contributed by atoms with Gasteiger partial charge in [0.25, 0.3) is 0 Å². The maximum Gasteiger partial charge on any atom is 0.424 e. The Morgan fingerprint density at radius 2 is 1.43 bits per heavy atom. The molecular formula is C16H23BrN2O4. The third kappa shape index (κ3) is 6.09. The molecule has 0 radical (unpaired) electrons. The summed E-state index contributed by atoms with van der Waals surface area (Å²) in [6.07, 6.45) is -1.64. The van der Waals surface area contributed by atoms with E-state index in [9.17, 15) is 9.59 Å². The number of imide groups is 1. The first kappa shape index (κ1) is 19.3. The summed E-state index contributed by atoms with van der Waals surface area (Å²) in [6.45, 7) is 10.3. The van der Waals surface area contributed by atoms with E-state index in [4.69, 9.17) is 15.2 Å². The second-order valence-corrected chi connectivity index (χ2v) is 7.86. The zero-order valence-corrected chi connectivity index (χ0v) is 15.9. The van der Waals surface area contributed by atoms with Crippen LogP contribution in [0.25, 0.3) is 0 Å². The number of nitrogens with zero attached hydrogens (tertiary/aromatic N) is 1. The van der Waals surface area contributed by atoms with E-state index >= 15 is 0 Å². The van der Waals surface area contributed by atoms with E-state index in [0.29, 0.717) is 15.8 Å². The molecular weight excluding hydrogens is 364 g/mol. The monoisotopic (exact) mass is 386 g/mol. The van der Waals surface area contributed by atoms with E-state index in [1.165, 1.54) is 0 Å². The van der Waals surface area contributed by atoms with Gasteiger partial charge in [0.2, 0.25) is 0 Å². The molecule has 1 aromatic rings. The number of nitrogens with two attached hydrogens (primary N) is 1. The van der Waals surface area contributed by atoms with Crippen LogP contribution in [0.15, 0.2) is 22.7 Å². The Morgan fingerprint density at radius 1 is 1.00 bits per heavy atom. The molecule has 0 spiro atoms. The van der Waals surface area contributed by atoms with Gasteiger partial charge in [0.15, 0.2) is 0 Å². The van der Waals surface area contributed by atoms with Crippen molar-refractivity contribution in [3.63, 3.8) is 0 Å². The zero-order chi connectivity index (χ0) is 18.0. The van der Waals surface area contributed by atoms with Gasteiger partial charge in [-0.3, -0.25) is 0 Å². The van der Waals surface area contributed by atoms with Crippen molar-refractivity contribution in [3.8, 4) is 0 Å². The summed E-state index contributed by atoms with van der Waals surface area (Å²) in [4.78, 5) is 25.8. The molecule has 0 aliphatic heterocycles. The van der Waals surface area contributed by atoms with Crippen LogP contribution >= 0.6 is 15.9 Å². The maximum absolute atomic E-state index is 12.5. The molecule has 0 fully saturated rings. The van der Waals surface area contributed by atoms with Gasteiger partial charge in [0.1, 0.15) is 11.2 Å². The highest BCUT2D eigenvalue weighted by Crippen LogP contribution is 2.30. The molecule has 0 unspecified atom stereocenters. The Hall–Kier alpha value is -1.76. The molecule has 0 atom stereocenters. The third-order valence-electron chi connectivity index (χ3n) is 2.36. The van der Waals surface area contributed by atoms with Gasteiger partial charge < -0.3 is 15.2 Å². The molecule has 0 aliphatic carbocycles. The van der Waals surface area contributed by atoms with Crippen molar-refractivity contribution >= 4 is 39.5 Å². The van der Waals surface area contributed by atoms with Crippen molar-refractivity contribution < 1.29 is 19.1 Å². The van der Waals surface area contributed by atoms with Gasteiger partial charge in [-0.25, -0.2) is 9.59 Å². The van der Waals surface area contributed by atoms with Gasteiger partial charge in [0.05, 0.1) is 5.69 Å². The second kappa shape index (κ2) is 6.78. The van der Waals surface area contributed by atoms with Gasteiger partial charge >= 0.3 is 12.2 Å². The highest BCUT2D eigenvalue weighted by atomic mass is 79.9. The first-order valence-corrected chi connectivity index (χ1v) is 7.90. The van der Waals surface area contributed by atoms with Crippen LogP contribution in [0, 0.1) is 0 Å². The molecule has 2 N–H and O–H groups in total. The second-order valence-electron chi connectivity index (χ2n) is 7.01. The number of carbonyl (C=O) groups is 2. The molecule has 0 saturated carbocycles. The van der Waals surface area contributed by atoms with Crippen LogP contribution in [0.4, 0.5) is 21.0 Å². The number of hydrogen-bond donors (Lipinski definition) is 1. The van der Waals surface area contributed by atoms with Crippen LogP contribution in [0.3, 0.4) is 0 Å². The summed E-state index contributed by atoms with van der Waals surface area (Å²) in [5.41, 5.74) is 4.99. The van der Waals surface area contributed by atoms with Crippen LogP contribution in [-0.4, -0.2) is 23.4 Å². The molecule has 0 aliphatic rings. The highest BCUT2D eigenvalue weighted by Gasteiger charge is 2.33. The topological polar surface area (TPSA) is 81.9 Å². The number of nitrogen functional groups attached to an aromatic ring is 1. The van der Waals surface area contributed by atoms with Crippen molar-refractivity contribution in [1.82, 2.24) is 0 Å². The number of hydrogen-bond acceptors (Lipinski definition) is 5. The minimum atomic E-state index is -0.822. The van der Waals surface area contributed by atoms with Crippen molar-refractivity contribution in [2.75, 3.05) is 10.6 Å². The largest absolute Gasteiger partial charge is 0.443 e. The lowest BCUT2D eigenvalue weighted by Crippen LogP contribution is -2.44. The summed E-state index contributed by atoms with van der Waals surface area (Å²) in [7, 11) is 0. The molecule has 23 heavy (non-hydrogen) atoms. The molecule has 7 heteroatoms. The summed E-state index contributed by atoms with van der Waals surface area (Å²) < 4.78 is 11.1. The minimum absolute atomic E-state index is 0.294. The van der Waals surface area contributed by atoms with E-state index in [-0.39, 0.29) is 0 Å². The maximum atomic E-state index is 12.5. The Labute approximate surface area is 145 Å². The summed E-state index contributed by atoms with van der Waals surface area (Å²) in [5, 5.41) is 0. The van der Waals surface area contributed by atoms with Crippen LogP contribution in [0.1, 0.15) is 41.5 Å². The number of carbonyl (C=O) groups excluding carboxylic acids is 2. The van der Waals surface area contributed by atoms with Gasteiger partial charge in [-0.1, -0.05) is 0 Å². The standard InChI is InChI=1S/C16H23BrN2O4/c1-15(2,3)22-13(20)19(14(21)23-16(4,5)6)12-8-7-10(18)9-11(12)17/h7-9H,18H2,1-6H3. The Kier molecular flexibility index (Phi) is 5.69. The Morgan fingerprint density at radius 3 is 1.78 bits per heavy atom. The molecule has 2 amide bonds. The summed E-state index contributed by atoms with van der Waals surface area (Å²) in [6, 6.07) is 4.73. The van der Waals surface area contributed by atoms with Gasteiger partial charge in [-0.15, -0.1) is 0 Å². The number of rotatable bonds is 1. The van der Waals surface area contributed by atoms with Crippen molar-refractivity contribution in [1.29, 1.82) is 0 Å². The Balaban J connectivity index is 3.25. The SMILES string of the molecule is CC(C)(C)OC(=O)N(C(=O)OC(C)(C)C)c1ccc(N)cc1Br. The van der Waals surface area contributed by atoms with Gasteiger partial charge in [-0.05, 0) is 75.7 Å². The molecule has 0 saturated heterocycles. The number of benzene rings is 1. The molecule has 0 aromatic heterocycles. The van der Waals surface area contributed by atoms with Crippen LogP contribution in [0.5, 0.6) is 0 Å². The molecule has 0 bridgehead atoms. The first-order chi connectivity index (χ1) is 10.3. The number of amides is 2. The number of anilines is 2. The molecule has 128 valence electrons. The normalized spacial score (nSPS) is 11.8. The molecule has 1 aromatic carbocycles. The summed E-state index contributed by atoms with van der Waals surface area (Å²) in [5.74, 6) is 0. The third-order valence-corrected chi connectivity index (χ3v) is 3.00. The smallest absolute Gasteiger partial charge is 0.424 e. The van der Waals surface area contributed by atoms with Crippen molar-refractivity contribution in [2.45, 2.75) is 52.7 Å². The predicted molar refractivity (Wildman–Crippen MR) is 93.5 cm³/mol. The quantitative estimate of drug-likeness (QED) is 0.706. The van der Waals surface area contributed by atoms with Crippen molar-refractivity contribution in [2.24, 2.45) is 0 Å². The van der Waals surface area contributed by atoms with E-state index in [2.05, 4.69) is 15.9 Å². The molecule has 0 heterocycles. The zero-order valence-electron chi connectivity index (χ0n) is 14.3. The number of halogens is 1. The Bertz CT molecular complexity index is 575. The lowest BCUT2D eigenvalue weighted by atomic mass is 10.2. The van der Waals surface area contributed by atoms with Crippen LogP contribution in [-0.2, 0) is 9.47 Å². The van der Waals surface area contributed by atoms with E-state index < -0.39 is 23.4 Å². The average molecular weight is 387 g/mol. The van der Waals surface area contributed by atoms with E-state index in [0.717, 1.165) is 4.90 Å². The van der Waals surface area contributed by atoms with Crippen molar-refractivity contribution in [3.05, 3.63) is 22.7 Å². The lowest BCUT2D eigenvalue weighted by molar-refractivity contribution is 0.0430. The van der Waals surface area contributed by atoms with Crippen LogP contribution in [0.2, 0.25) is 0 Å². The van der Waals surface area contributed by atoms with E-state index in [1.54, 1.807) is 59.7 Å². The highest BCUT2D eigenvalue weighted by molar-refractivity contribution is 9.10. The molecule has 6 nitrogen and oxygen atoms in total. The number of ether oxygens (including phenoxy) is 2. The minimum Gasteiger partial charge on any atom is -0.443 e. The fraction of sp³-hybridized carbons (Fsp3) is 0.500. The fourth-order valence-electron chi connectivity index (χ4n) is 1.59. The lowest BCUT2D eigenvalue weighted by Gasteiger charge is -2.29. The fourth-order valence-corrected chi connectivity index (χ4v) is 2.16. The predicted octanol–water partition coefficient (Wildman–Crippen LogP) is 4.71. The molecule has 1 rings (SSSR count). The van der Waals surface area contributed by atoms with Crippen LogP contribution < -0.4 is 10.6 Å². The first-order valence-electron chi connectivity index (χ1n) is 7.11. The average Bonchev–Trinajstić information content (AvgIpc) is 2.27. The summed E-state index contributed by atoms with van der Waals surface area (Å²) >= 11 is 3.31.